The van der Waals surface area contributed by atoms with Gasteiger partial charge in [-0.1, -0.05) is 16.4 Å². The van der Waals surface area contributed by atoms with Crippen molar-refractivity contribution in [2.45, 2.75) is 5.88 Å². The molecule has 0 fully saturated rings. The van der Waals surface area contributed by atoms with E-state index in [4.69, 9.17) is 16.3 Å². The van der Waals surface area contributed by atoms with E-state index in [9.17, 15) is 0 Å². The highest BCUT2D eigenvalue weighted by molar-refractivity contribution is 7.13. The van der Waals surface area contributed by atoms with Crippen LogP contribution in [-0.2, 0) is 12.9 Å². The molecule has 0 aromatic carbocycles. The van der Waals surface area contributed by atoms with E-state index in [1.54, 1.807) is 18.1 Å². The van der Waals surface area contributed by atoms with Crippen molar-refractivity contribution in [2.24, 2.45) is 7.05 Å². The first-order chi connectivity index (χ1) is 6.78. The molecule has 0 saturated heterocycles. The average molecular weight is 232 g/mol. The zero-order valence-corrected chi connectivity index (χ0v) is 8.79. The van der Waals surface area contributed by atoms with E-state index in [0.29, 0.717) is 16.1 Å². The molecule has 2 aromatic rings. The lowest BCUT2D eigenvalue weighted by Crippen LogP contribution is -1.89. The Hall–Kier alpha value is -1.21. The number of nitrogens with zero attached hydrogens (tertiary/aromatic N) is 5. The second kappa shape index (κ2) is 3.89. The third-order valence-electron chi connectivity index (χ3n) is 1.32. The van der Waals surface area contributed by atoms with Crippen LogP contribution in [-0.4, -0.2) is 25.0 Å². The fourth-order valence-corrected chi connectivity index (χ4v) is 1.53. The van der Waals surface area contributed by atoms with Gasteiger partial charge >= 0.3 is 11.2 Å². The van der Waals surface area contributed by atoms with Crippen molar-refractivity contribution in [2.75, 3.05) is 0 Å². The lowest BCUT2D eigenvalue weighted by atomic mass is 10.9. The molecule has 0 radical (unpaired) electrons. The first kappa shape index (κ1) is 9.35. The molecule has 14 heavy (non-hydrogen) atoms. The Morgan fingerprint density at radius 2 is 2.43 bits per heavy atom. The summed E-state index contributed by atoms with van der Waals surface area (Å²) in [5, 5.41) is 12.6. The van der Waals surface area contributed by atoms with E-state index in [1.807, 2.05) is 0 Å². The van der Waals surface area contributed by atoms with Gasteiger partial charge in [-0.3, -0.25) is 4.68 Å². The van der Waals surface area contributed by atoms with Gasteiger partial charge in [-0.05, 0) is 0 Å². The minimum Gasteiger partial charge on any atom is -0.393 e. The number of halogens is 1. The Kier molecular flexibility index (Phi) is 2.60. The van der Waals surface area contributed by atoms with Crippen molar-refractivity contribution in [1.82, 2.24) is 25.0 Å². The summed E-state index contributed by atoms with van der Waals surface area (Å²) in [4.78, 5) is 3.88. The number of hydrogen-bond donors (Lipinski definition) is 0. The monoisotopic (exact) mass is 231 g/mol. The topological polar surface area (TPSA) is 65.7 Å². The van der Waals surface area contributed by atoms with E-state index >= 15 is 0 Å². The molecule has 0 unspecified atom stereocenters. The van der Waals surface area contributed by atoms with Gasteiger partial charge in [0.15, 0.2) is 0 Å². The largest absolute Gasteiger partial charge is 0.393 e. The Labute approximate surface area is 88.5 Å². The van der Waals surface area contributed by atoms with Crippen LogP contribution in [0.15, 0.2) is 6.33 Å². The number of rotatable bonds is 3. The van der Waals surface area contributed by atoms with Crippen LogP contribution in [0.2, 0.25) is 0 Å². The van der Waals surface area contributed by atoms with Crippen LogP contribution in [0.5, 0.6) is 11.2 Å². The molecule has 0 spiro atoms. The molecule has 0 bridgehead atoms. The van der Waals surface area contributed by atoms with E-state index in [1.165, 1.54) is 11.3 Å². The first-order valence-corrected chi connectivity index (χ1v) is 5.05. The molecule has 0 aliphatic rings. The normalized spacial score (nSPS) is 10.4. The highest BCUT2D eigenvalue weighted by atomic mass is 35.5. The summed E-state index contributed by atoms with van der Waals surface area (Å²) in [6.07, 6.45) is 1.54. The maximum Gasteiger partial charge on any atom is 0.342 e. The maximum atomic E-state index is 5.56. The SMILES string of the molecule is Cn1cnc(Oc2nnc(CCl)s2)n1. The lowest BCUT2D eigenvalue weighted by Gasteiger charge is -1.90. The van der Waals surface area contributed by atoms with Gasteiger partial charge < -0.3 is 4.74 Å². The second-order valence-electron chi connectivity index (χ2n) is 2.40. The van der Waals surface area contributed by atoms with Gasteiger partial charge in [0.2, 0.25) is 0 Å². The fraction of sp³-hybridized carbons (Fsp3) is 0.333. The summed E-state index contributed by atoms with van der Waals surface area (Å²) in [6, 6.07) is 0.254. The summed E-state index contributed by atoms with van der Waals surface area (Å²) in [5.74, 6) is 0.330. The van der Waals surface area contributed by atoms with Gasteiger partial charge in [-0.2, -0.15) is 4.98 Å². The van der Waals surface area contributed by atoms with Crippen LogP contribution < -0.4 is 4.74 Å². The van der Waals surface area contributed by atoms with Gasteiger partial charge in [0.05, 0.1) is 5.88 Å². The Bertz CT molecular complexity index is 427. The molecule has 0 saturated carbocycles. The van der Waals surface area contributed by atoms with Crippen LogP contribution in [0.4, 0.5) is 0 Å². The molecular formula is C6H6ClN5OS. The lowest BCUT2D eigenvalue weighted by molar-refractivity contribution is 0.431. The van der Waals surface area contributed by atoms with E-state index < -0.39 is 0 Å². The molecule has 2 aromatic heterocycles. The third-order valence-corrected chi connectivity index (χ3v) is 2.53. The van der Waals surface area contributed by atoms with E-state index in [0.717, 1.165) is 0 Å². The predicted molar refractivity (Wildman–Crippen MR) is 50.5 cm³/mol. The Morgan fingerprint density at radius 3 is 3.00 bits per heavy atom. The molecule has 0 N–H and O–H groups in total. The number of aryl methyl sites for hydroxylation is 1. The predicted octanol–water partition coefficient (Wildman–Crippen LogP) is 1.20. The Balaban J connectivity index is 2.10. The van der Waals surface area contributed by atoms with E-state index in [2.05, 4.69) is 20.3 Å². The zero-order valence-electron chi connectivity index (χ0n) is 7.21. The van der Waals surface area contributed by atoms with Crippen molar-refractivity contribution in [3.05, 3.63) is 11.3 Å². The minimum absolute atomic E-state index is 0.254. The second-order valence-corrected chi connectivity index (χ2v) is 3.69. The average Bonchev–Trinajstić information content (AvgIpc) is 2.76. The van der Waals surface area contributed by atoms with Gasteiger partial charge in [0, 0.05) is 7.05 Å². The number of aromatic nitrogens is 5. The quantitative estimate of drug-likeness (QED) is 0.743. The number of alkyl halides is 1. The van der Waals surface area contributed by atoms with Crippen molar-refractivity contribution in [3.63, 3.8) is 0 Å². The maximum absolute atomic E-state index is 5.56. The fourth-order valence-electron chi connectivity index (χ4n) is 0.778. The molecule has 0 aliphatic heterocycles. The van der Waals surface area contributed by atoms with E-state index in [-0.39, 0.29) is 6.01 Å². The van der Waals surface area contributed by atoms with Gasteiger partial charge in [0.1, 0.15) is 11.3 Å². The van der Waals surface area contributed by atoms with Crippen LogP contribution in [0.25, 0.3) is 0 Å². The highest BCUT2D eigenvalue weighted by Crippen LogP contribution is 2.22. The molecule has 8 heteroatoms. The molecule has 0 aliphatic carbocycles. The Morgan fingerprint density at radius 1 is 1.57 bits per heavy atom. The molecule has 74 valence electrons. The van der Waals surface area contributed by atoms with Gasteiger partial charge in [0.25, 0.3) is 0 Å². The smallest absolute Gasteiger partial charge is 0.342 e. The molecule has 2 rings (SSSR count). The standard InChI is InChI=1S/C6H6ClN5OS/c1-12-3-8-5(11-12)13-6-10-9-4(2-7)14-6/h3H,2H2,1H3. The van der Waals surface area contributed by atoms with Crippen molar-refractivity contribution in [3.8, 4) is 11.2 Å². The minimum atomic E-state index is 0.254. The summed E-state index contributed by atoms with van der Waals surface area (Å²) in [5.41, 5.74) is 0. The third kappa shape index (κ3) is 1.99. The van der Waals surface area contributed by atoms with Crippen LogP contribution in [0.3, 0.4) is 0 Å². The van der Waals surface area contributed by atoms with Gasteiger partial charge in [-0.25, -0.2) is 0 Å². The summed E-state index contributed by atoms with van der Waals surface area (Å²) in [7, 11) is 1.75. The summed E-state index contributed by atoms with van der Waals surface area (Å²) < 4.78 is 6.77. The highest BCUT2D eigenvalue weighted by Gasteiger charge is 2.07. The molecule has 2 heterocycles. The summed E-state index contributed by atoms with van der Waals surface area (Å²) >= 11 is 6.84. The zero-order chi connectivity index (χ0) is 9.97. The van der Waals surface area contributed by atoms with Crippen molar-refractivity contribution >= 4 is 22.9 Å². The summed E-state index contributed by atoms with van der Waals surface area (Å²) in [6.45, 7) is 0. The van der Waals surface area contributed by atoms with Crippen LogP contribution in [0.1, 0.15) is 5.01 Å². The molecule has 0 amide bonds. The molecular weight excluding hydrogens is 226 g/mol. The first-order valence-electron chi connectivity index (χ1n) is 3.70. The number of ether oxygens (including phenoxy) is 1. The molecule has 6 nitrogen and oxygen atoms in total. The molecule has 0 atom stereocenters. The van der Waals surface area contributed by atoms with Gasteiger partial charge in [-0.15, -0.1) is 21.8 Å². The number of hydrogen-bond acceptors (Lipinski definition) is 6. The van der Waals surface area contributed by atoms with Crippen LogP contribution in [0, 0.1) is 0 Å². The van der Waals surface area contributed by atoms with Crippen molar-refractivity contribution in [1.29, 1.82) is 0 Å². The van der Waals surface area contributed by atoms with Crippen LogP contribution >= 0.6 is 22.9 Å². The van der Waals surface area contributed by atoms with Crippen molar-refractivity contribution < 1.29 is 4.74 Å².